The standard InChI is InChI=1S/C18H21ClN2O3S/c19-16-7-4-8-17(13-16)25(22,23)20-18(15-5-2-1-3-6-15)14-21-9-11-24-12-10-21/h1-8,13,18,20H,9-12,14H2/t18-/m1/s1. The number of nitrogens with one attached hydrogen (secondary N) is 1. The smallest absolute Gasteiger partial charge is 0.241 e. The fraction of sp³-hybridized carbons (Fsp3) is 0.333. The number of hydrogen-bond donors (Lipinski definition) is 1. The van der Waals surface area contributed by atoms with E-state index in [-0.39, 0.29) is 10.9 Å². The molecule has 0 amide bonds. The molecule has 3 rings (SSSR count). The van der Waals surface area contributed by atoms with E-state index in [1.807, 2.05) is 30.3 Å². The molecule has 1 aliphatic rings. The van der Waals surface area contributed by atoms with Crippen molar-refractivity contribution in [2.24, 2.45) is 0 Å². The molecule has 25 heavy (non-hydrogen) atoms. The van der Waals surface area contributed by atoms with Gasteiger partial charge in [0, 0.05) is 24.7 Å². The van der Waals surface area contributed by atoms with Gasteiger partial charge in [0.25, 0.3) is 0 Å². The van der Waals surface area contributed by atoms with Gasteiger partial charge in [0.1, 0.15) is 0 Å². The van der Waals surface area contributed by atoms with Gasteiger partial charge in [-0.2, -0.15) is 0 Å². The van der Waals surface area contributed by atoms with Gasteiger partial charge in [-0.25, -0.2) is 13.1 Å². The lowest BCUT2D eigenvalue weighted by atomic mass is 10.1. The second-order valence-corrected chi connectivity index (χ2v) is 8.11. The molecule has 0 radical (unpaired) electrons. The van der Waals surface area contributed by atoms with Crippen molar-refractivity contribution in [3.8, 4) is 0 Å². The van der Waals surface area contributed by atoms with Crippen LogP contribution >= 0.6 is 11.6 Å². The summed E-state index contributed by atoms with van der Waals surface area (Å²) in [6.07, 6.45) is 0. The summed E-state index contributed by atoms with van der Waals surface area (Å²) in [5.41, 5.74) is 0.930. The van der Waals surface area contributed by atoms with Crippen molar-refractivity contribution in [3.05, 3.63) is 65.2 Å². The maximum atomic E-state index is 12.8. The van der Waals surface area contributed by atoms with Crippen molar-refractivity contribution in [2.45, 2.75) is 10.9 Å². The van der Waals surface area contributed by atoms with E-state index in [2.05, 4.69) is 9.62 Å². The first-order valence-corrected chi connectivity index (χ1v) is 10.0. The van der Waals surface area contributed by atoms with Crippen LogP contribution in [-0.2, 0) is 14.8 Å². The van der Waals surface area contributed by atoms with E-state index in [0.717, 1.165) is 18.7 Å². The second-order valence-electron chi connectivity index (χ2n) is 5.95. The first-order valence-electron chi connectivity index (χ1n) is 8.17. The van der Waals surface area contributed by atoms with Crippen LogP contribution in [0.2, 0.25) is 5.02 Å². The van der Waals surface area contributed by atoms with Gasteiger partial charge in [0.2, 0.25) is 10.0 Å². The molecule has 7 heteroatoms. The Morgan fingerprint density at radius 2 is 1.80 bits per heavy atom. The average Bonchev–Trinajstić information content (AvgIpc) is 2.63. The van der Waals surface area contributed by atoms with E-state index in [1.54, 1.807) is 18.2 Å². The molecule has 0 spiro atoms. The van der Waals surface area contributed by atoms with Crippen LogP contribution in [0.15, 0.2) is 59.5 Å². The number of halogens is 1. The lowest BCUT2D eigenvalue weighted by Gasteiger charge is -2.31. The van der Waals surface area contributed by atoms with Crippen LogP contribution in [0.5, 0.6) is 0 Å². The van der Waals surface area contributed by atoms with Crippen LogP contribution in [0.4, 0.5) is 0 Å². The number of sulfonamides is 1. The summed E-state index contributed by atoms with van der Waals surface area (Å²) in [5, 5.41) is 0.396. The summed E-state index contributed by atoms with van der Waals surface area (Å²) in [6.45, 7) is 3.52. The molecule has 1 fully saturated rings. The number of hydrogen-bond acceptors (Lipinski definition) is 4. The minimum absolute atomic E-state index is 0.169. The Morgan fingerprint density at radius 1 is 1.08 bits per heavy atom. The first kappa shape index (κ1) is 18.4. The molecule has 1 aliphatic heterocycles. The molecule has 0 bridgehead atoms. The molecule has 2 aromatic rings. The highest BCUT2D eigenvalue weighted by atomic mass is 35.5. The van der Waals surface area contributed by atoms with Crippen LogP contribution in [0.25, 0.3) is 0 Å². The zero-order valence-corrected chi connectivity index (χ0v) is 15.3. The molecule has 1 saturated heterocycles. The maximum Gasteiger partial charge on any atom is 0.241 e. The van der Waals surface area contributed by atoms with Gasteiger partial charge in [-0.3, -0.25) is 4.90 Å². The average molecular weight is 381 g/mol. The number of ether oxygens (including phenoxy) is 1. The molecule has 2 aromatic carbocycles. The molecular weight excluding hydrogens is 360 g/mol. The third-order valence-electron chi connectivity index (χ3n) is 4.15. The highest BCUT2D eigenvalue weighted by Crippen LogP contribution is 2.21. The lowest BCUT2D eigenvalue weighted by Crippen LogP contribution is -2.43. The van der Waals surface area contributed by atoms with Crippen molar-refractivity contribution < 1.29 is 13.2 Å². The Bertz CT molecular complexity index is 793. The quantitative estimate of drug-likeness (QED) is 0.837. The molecule has 0 aliphatic carbocycles. The van der Waals surface area contributed by atoms with Crippen LogP contribution in [0.3, 0.4) is 0 Å². The zero-order valence-electron chi connectivity index (χ0n) is 13.8. The summed E-state index contributed by atoms with van der Waals surface area (Å²) in [4.78, 5) is 2.38. The van der Waals surface area contributed by atoms with Crippen LogP contribution < -0.4 is 4.72 Å². The van der Waals surface area contributed by atoms with Crippen LogP contribution in [0.1, 0.15) is 11.6 Å². The SMILES string of the molecule is O=S(=O)(N[C@H](CN1CCOCC1)c1ccccc1)c1cccc(Cl)c1. The summed E-state index contributed by atoms with van der Waals surface area (Å²) in [7, 11) is -3.67. The van der Waals surface area contributed by atoms with Crippen molar-refractivity contribution in [2.75, 3.05) is 32.8 Å². The van der Waals surface area contributed by atoms with Gasteiger partial charge in [0.15, 0.2) is 0 Å². The number of morpholine rings is 1. The topological polar surface area (TPSA) is 58.6 Å². The predicted octanol–water partition coefficient (Wildman–Crippen LogP) is 2.69. The highest BCUT2D eigenvalue weighted by Gasteiger charge is 2.24. The first-order chi connectivity index (χ1) is 12.0. The lowest BCUT2D eigenvalue weighted by molar-refractivity contribution is 0.0345. The largest absolute Gasteiger partial charge is 0.379 e. The monoisotopic (exact) mass is 380 g/mol. The van der Waals surface area contributed by atoms with E-state index < -0.39 is 10.0 Å². The molecular formula is C18H21ClN2O3S. The van der Waals surface area contributed by atoms with Crippen molar-refractivity contribution in [1.29, 1.82) is 0 Å². The van der Waals surface area contributed by atoms with Crippen molar-refractivity contribution in [3.63, 3.8) is 0 Å². The minimum Gasteiger partial charge on any atom is -0.379 e. The van der Waals surface area contributed by atoms with Gasteiger partial charge < -0.3 is 4.74 Å². The Hall–Kier alpha value is -1.44. The molecule has 134 valence electrons. The van der Waals surface area contributed by atoms with Crippen LogP contribution in [0, 0.1) is 0 Å². The fourth-order valence-corrected chi connectivity index (χ4v) is 4.34. The Morgan fingerprint density at radius 3 is 2.48 bits per heavy atom. The number of rotatable bonds is 6. The van der Waals surface area contributed by atoms with Gasteiger partial charge in [-0.05, 0) is 23.8 Å². The van der Waals surface area contributed by atoms with Gasteiger partial charge in [-0.15, -0.1) is 0 Å². The molecule has 1 atom stereocenters. The third-order valence-corrected chi connectivity index (χ3v) is 5.85. The number of benzene rings is 2. The van der Waals surface area contributed by atoms with E-state index in [1.165, 1.54) is 6.07 Å². The van der Waals surface area contributed by atoms with Gasteiger partial charge in [-0.1, -0.05) is 48.0 Å². The zero-order chi connectivity index (χ0) is 17.7. The van der Waals surface area contributed by atoms with Gasteiger partial charge in [0.05, 0.1) is 24.2 Å². The van der Waals surface area contributed by atoms with Crippen molar-refractivity contribution >= 4 is 21.6 Å². The molecule has 0 saturated carbocycles. The normalized spacial score (nSPS) is 17.3. The molecule has 5 nitrogen and oxygen atoms in total. The van der Waals surface area contributed by atoms with E-state index in [0.29, 0.717) is 24.8 Å². The fourth-order valence-electron chi connectivity index (χ4n) is 2.83. The summed E-state index contributed by atoms with van der Waals surface area (Å²) < 4.78 is 33.8. The second kappa shape index (κ2) is 8.29. The summed E-state index contributed by atoms with van der Waals surface area (Å²) in [5.74, 6) is 0. The molecule has 1 N–H and O–H groups in total. The summed E-state index contributed by atoms with van der Waals surface area (Å²) >= 11 is 5.95. The Balaban J connectivity index is 1.83. The number of nitrogens with zero attached hydrogens (tertiary/aromatic N) is 1. The molecule has 0 aromatic heterocycles. The molecule has 1 heterocycles. The van der Waals surface area contributed by atoms with E-state index in [9.17, 15) is 8.42 Å². The van der Waals surface area contributed by atoms with E-state index >= 15 is 0 Å². The predicted molar refractivity (Wildman–Crippen MR) is 98.2 cm³/mol. The third kappa shape index (κ3) is 5.03. The maximum absolute atomic E-state index is 12.8. The van der Waals surface area contributed by atoms with Crippen molar-refractivity contribution in [1.82, 2.24) is 9.62 Å². The summed E-state index contributed by atoms with van der Waals surface area (Å²) in [6, 6.07) is 15.6. The Kier molecular flexibility index (Phi) is 6.09. The minimum atomic E-state index is -3.67. The molecule has 0 unspecified atom stereocenters. The van der Waals surface area contributed by atoms with E-state index in [4.69, 9.17) is 16.3 Å². The van der Waals surface area contributed by atoms with Gasteiger partial charge >= 0.3 is 0 Å². The highest BCUT2D eigenvalue weighted by molar-refractivity contribution is 7.89. The Labute approximate surface area is 153 Å². The van der Waals surface area contributed by atoms with Crippen LogP contribution in [-0.4, -0.2) is 46.2 Å².